The summed E-state index contributed by atoms with van der Waals surface area (Å²) in [6.45, 7) is 0. The topological polar surface area (TPSA) is 66.8 Å². The number of carbonyl (C=O) groups is 1. The SMILES string of the molecule is O=C(Cc1ccccc1)N=C1S[C@@H]2CS(=O)(=O)C[C@@H]2N1c1ccccc1. The normalized spacial score (nSPS) is 25.4. The zero-order valence-corrected chi connectivity index (χ0v) is 15.6. The number of nitrogens with zero attached hydrogens (tertiary/aromatic N) is 2. The first-order valence-electron chi connectivity index (χ1n) is 8.39. The van der Waals surface area contributed by atoms with Crippen LogP contribution in [0.15, 0.2) is 65.7 Å². The molecule has 0 aromatic heterocycles. The lowest BCUT2D eigenvalue weighted by Gasteiger charge is -2.24. The number of amidine groups is 1. The van der Waals surface area contributed by atoms with E-state index in [0.717, 1.165) is 11.3 Å². The maximum Gasteiger partial charge on any atom is 0.252 e. The van der Waals surface area contributed by atoms with Crippen molar-refractivity contribution in [3.8, 4) is 0 Å². The Morgan fingerprint density at radius 2 is 1.69 bits per heavy atom. The first kappa shape index (κ1) is 17.3. The quantitative estimate of drug-likeness (QED) is 0.811. The number of carbonyl (C=O) groups excluding carboxylic acids is 1. The Labute approximate surface area is 157 Å². The Balaban J connectivity index is 1.63. The van der Waals surface area contributed by atoms with Crippen molar-refractivity contribution in [3.63, 3.8) is 0 Å². The van der Waals surface area contributed by atoms with Crippen LogP contribution in [0, 0.1) is 0 Å². The van der Waals surface area contributed by atoms with Crippen molar-refractivity contribution in [2.75, 3.05) is 16.4 Å². The van der Waals surface area contributed by atoms with Gasteiger partial charge < -0.3 is 4.90 Å². The highest BCUT2D eigenvalue weighted by Crippen LogP contribution is 2.40. The lowest BCUT2D eigenvalue weighted by Crippen LogP contribution is -2.37. The molecule has 2 aliphatic rings. The molecule has 5 nitrogen and oxygen atoms in total. The zero-order chi connectivity index (χ0) is 18.1. The van der Waals surface area contributed by atoms with Gasteiger partial charge in [-0.3, -0.25) is 4.79 Å². The summed E-state index contributed by atoms with van der Waals surface area (Å²) in [5, 5.41) is 0.519. The fourth-order valence-corrected chi connectivity index (χ4v) is 7.30. The van der Waals surface area contributed by atoms with E-state index in [9.17, 15) is 13.2 Å². The Bertz CT molecular complexity index is 943. The molecule has 0 aliphatic carbocycles. The van der Waals surface area contributed by atoms with Crippen LogP contribution in [0.4, 0.5) is 5.69 Å². The third-order valence-electron chi connectivity index (χ3n) is 4.52. The summed E-state index contributed by atoms with van der Waals surface area (Å²) >= 11 is 1.40. The molecule has 2 heterocycles. The molecule has 2 saturated heterocycles. The third-order valence-corrected chi connectivity index (χ3v) is 7.73. The molecular weight excluding hydrogens is 368 g/mol. The van der Waals surface area contributed by atoms with Gasteiger partial charge in [0.05, 0.1) is 24.0 Å². The van der Waals surface area contributed by atoms with E-state index in [2.05, 4.69) is 4.99 Å². The van der Waals surface area contributed by atoms with E-state index >= 15 is 0 Å². The van der Waals surface area contributed by atoms with Crippen molar-refractivity contribution in [2.24, 2.45) is 4.99 Å². The van der Waals surface area contributed by atoms with E-state index in [1.165, 1.54) is 11.8 Å². The number of benzene rings is 2. The molecule has 0 radical (unpaired) electrons. The Morgan fingerprint density at radius 1 is 1.04 bits per heavy atom. The van der Waals surface area contributed by atoms with E-state index in [1.807, 2.05) is 65.6 Å². The largest absolute Gasteiger partial charge is 0.316 e. The standard InChI is InChI=1S/C19H18N2O3S2/c22-18(11-14-7-3-1-4-8-14)20-19-21(15-9-5-2-6-10-15)16-12-26(23,24)13-17(16)25-19/h1-10,16-17H,11-13H2/t16-,17+/m0/s1. The number of anilines is 1. The van der Waals surface area contributed by atoms with Gasteiger partial charge in [-0.1, -0.05) is 60.3 Å². The number of para-hydroxylation sites is 1. The second-order valence-corrected chi connectivity index (χ2v) is 9.82. The van der Waals surface area contributed by atoms with Gasteiger partial charge in [0, 0.05) is 10.9 Å². The van der Waals surface area contributed by atoms with Crippen molar-refractivity contribution < 1.29 is 13.2 Å². The van der Waals surface area contributed by atoms with Gasteiger partial charge in [0.15, 0.2) is 15.0 Å². The van der Waals surface area contributed by atoms with Crippen molar-refractivity contribution in [2.45, 2.75) is 17.7 Å². The van der Waals surface area contributed by atoms with Crippen molar-refractivity contribution >= 4 is 38.4 Å². The third kappa shape index (κ3) is 3.54. The van der Waals surface area contributed by atoms with Gasteiger partial charge in [0.1, 0.15) is 0 Å². The molecule has 0 saturated carbocycles. The first-order chi connectivity index (χ1) is 12.5. The van der Waals surface area contributed by atoms with E-state index in [1.54, 1.807) is 0 Å². The number of rotatable bonds is 3. The number of aliphatic imine (C=N–C) groups is 1. The van der Waals surface area contributed by atoms with Crippen molar-refractivity contribution in [1.82, 2.24) is 0 Å². The minimum Gasteiger partial charge on any atom is -0.316 e. The van der Waals surface area contributed by atoms with E-state index in [0.29, 0.717) is 5.17 Å². The van der Waals surface area contributed by atoms with Gasteiger partial charge in [-0.25, -0.2) is 8.42 Å². The lowest BCUT2D eigenvalue weighted by molar-refractivity contribution is -0.117. The Kier molecular flexibility index (Phi) is 4.58. The average molecular weight is 386 g/mol. The van der Waals surface area contributed by atoms with Crippen LogP contribution in [0.25, 0.3) is 0 Å². The maximum absolute atomic E-state index is 12.4. The van der Waals surface area contributed by atoms with Crippen LogP contribution in [0.1, 0.15) is 5.56 Å². The molecule has 0 unspecified atom stereocenters. The molecule has 2 atom stereocenters. The fraction of sp³-hybridized carbons (Fsp3) is 0.263. The summed E-state index contributed by atoms with van der Waals surface area (Å²) in [6, 6.07) is 18.9. The van der Waals surface area contributed by atoms with Crippen LogP contribution in [-0.4, -0.2) is 42.3 Å². The number of fused-ring (bicyclic) bond motifs is 1. The predicted octanol–water partition coefficient (Wildman–Crippen LogP) is 2.53. The molecule has 0 bridgehead atoms. The highest BCUT2D eigenvalue weighted by Gasteiger charge is 2.49. The Hall–Kier alpha value is -2.12. The summed E-state index contributed by atoms with van der Waals surface area (Å²) in [4.78, 5) is 18.7. The van der Waals surface area contributed by atoms with Gasteiger partial charge >= 0.3 is 0 Å². The minimum absolute atomic E-state index is 0.0801. The molecule has 2 aromatic rings. The number of hydrogen-bond donors (Lipinski definition) is 0. The first-order valence-corrected chi connectivity index (χ1v) is 11.1. The number of hydrogen-bond acceptors (Lipinski definition) is 4. The highest BCUT2D eigenvalue weighted by molar-refractivity contribution is 8.16. The van der Waals surface area contributed by atoms with Gasteiger partial charge in [0.2, 0.25) is 0 Å². The molecule has 0 N–H and O–H groups in total. The summed E-state index contributed by atoms with van der Waals surface area (Å²) < 4.78 is 24.1. The summed E-state index contributed by atoms with van der Waals surface area (Å²) in [6.07, 6.45) is 0.237. The zero-order valence-electron chi connectivity index (χ0n) is 14.0. The van der Waals surface area contributed by atoms with Crippen LogP contribution < -0.4 is 4.90 Å². The molecule has 26 heavy (non-hydrogen) atoms. The smallest absolute Gasteiger partial charge is 0.252 e. The molecule has 4 rings (SSSR count). The predicted molar refractivity (Wildman–Crippen MR) is 105 cm³/mol. The average Bonchev–Trinajstić information content (AvgIpc) is 3.07. The van der Waals surface area contributed by atoms with E-state index < -0.39 is 9.84 Å². The van der Waals surface area contributed by atoms with Crippen LogP contribution in [0.3, 0.4) is 0 Å². The van der Waals surface area contributed by atoms with E-state index in [-0.39, 0.29) is 35.1 Å². The highest BCUT2D eigenvalue weighted by atomic mass is 32.2. The maximum atomic E-state index is 12.4. The van der Waals surface area contributed by atoms with Gasteiger partial charge in [-0.05, 0) is 17.7 Å². The van der Waals surface area contributed by atoms with Crippen molar-refractivity contribution in [1.29, 1.82) is 0 Å². The van der Waals surface area contributed by atoms with Crippen LogP contribution in [0.2, 0.25) is 0 Å². The molecule has 7 heteroatoms. The van der Waals surface area contributed by atoms with Crippen LogP contribution in [-0.2, 0) is 21.1 Å². The van der Waals surface area contributed by atoms with Crippen LogP contribution in [0.5, 0.6) is 0 Å². The Morgan fingerprint density at radius 3 is 2.38 bits per heavy atom. The molecule has 1 amide bonds. The number of sulfone groups is 1. The van der Waals surface area contributed by atoms with Crippen molar-refractivity contribution in [3.05, 3.63) is 66.2 Å². The van der Waals surface area contributed by atoms with Gasteiger partial charge in [-0.15, -0.1) is 0 Å². The molecule has 2 aliphatic heterocycles. The number of amides is 1. The van der Waals surface area contributed by atoms with E-state index in [4.69, 9.17) is 0 Å². The second kappa shape index (κ2) is 6.89. The summed E-state index contributed by atoms with van der Waals surface area (Å²) in [5.74, 6) is 0.0192. The molecular formula is C19H18N2O3S2. The second-order valence-electron chi connectivity index (χ2n) is 6.46. The summed E-state index contributed by atoms with van der Waals surface area (Å²) in [5.41, 5.74) is 1.79. The number of thioether (sulfide) groups is 1. The molecule has 2 fully saturated rings. The summed E-state index contributed by atoms with van der Waals surface area (Å²) in [7, 11) is -3.05. The lowest BCUT2D eigenvalue weighted by atomic mass is 10.1. The van der Waals surface area contributed by atoms with Crippen LogP contribution >= 0.6 is 11.8 Å². The van der Waals surface area contributed by atoms with Gasteiger partial charge in [-0.2, -0.15) is 4.99 Å². The molecule has 134 valence electrons. The molecule has 2 aromatic carbocycles. The fourth-order valence-electron chi connectivity index (χ4n) is 3.37. The molecule has 0 spiro atoms. The minimum atomic E-state index is -3.05. The monoisotopic (exact) mass is 386 g/mol. The van der Waals surface area contributed by atoms with Gasteiger partial charge in [0.25, 0.3) is 5.91 Å².